The van der Waals surface area contributed by atoms with Gasteiger partial charge in [0.05, 0.1) is 11.3 Å². The summed E-state index contributed by atoms with van der Waals surface area (Å²) in [6, 6.07) is 13.2. The highest BCUT2D eigenvalue weighted by Crippen LogP contribution is 2.20. The van der Waals surface area contributed by atoms with E-state index in [2.05, 4.69) is 17.2 Å². The Kier molecular flexibility index (Phi) is 4.60. The SMILES string of the molecule is O=C(C#Cc1ccccc1)Nc1ccc(Cl)cc1C(=O)O. The molecule has 0 aliphatic carbocycles. The number of amides is 1. The monoisotopic (exact) mass is 299 g/mol. The zero-order valence-electron chi connectivity index (χ0n) is 10.8. The highest BCUT2D eigenvalue weighted by atomic mass is 35.5. The topological polar surface area (TPSA) is 66.4 Å². The van der Waals surface area contributed by atoms with Crippen LogP contribution in [0.4, 0.5) is 5.69 Å². The molecular weight excluding hydrogens is 290 g/mol. The van der Waals surface area contributed by atoms with Crippen LogP contribution in [0.15, 0.2) is 48.5 Å². The summed E-state index contributed by atoms with van der Waals surface area (Å²) in [6.45, 7) is 0. The Balaban J connectivity index is 2.18. The van der Waals surface area contributed by atoms with Crippen LogP contribution in [0.3, 0.4) is 0 Å². The third-order valence-corrected chi connectivity index (χ3v) is 2.79. The Bertz CT molecular complexity index is 745. The van der Waals surface area contributed by atoms with E-state index in [0.717, 1.165) is 0 Å². The number of carboxylic acids is 1. The minimum Gasteiger partial charge on any atom is -0.478 e. The standard InChI is InChI=1S/C16H10ClNO3/c17-12-7-8-14(13(10-12)16(20)21)18-15(19)9-6-11-4-2-1-3-5-11/h1-5,7-8,10H,(H,18,19)(H,20,21). The molecule has 0 aromatic heterocycles. The van der Waals surface area contributed by atoms with Crippen LogP contribution >= 0.6 is 11.6 Å². The molecule has 0 spiro atoms. The molecule has 0 unspecified atom stereocenters. The maximum Gasteiger partial charge on any atom is 0.337 e. The van der Waals surface area contributed by atoms with Gasteiger partial charge in [0.1, 0.15) is 0 Å². The largest absolute Gasteiger partial charge is 0.478 e. The van der Waals surface area contributed by atoms with Crippen LogP contribution in [0.5, 0.6) is 0 Å². The van der Waals surface area contributed by atoms with Crippen molar-refractivity contribution in [2.24, 2.45) is 0 Å². The lowest BCUT2D eigenvalue weighted by Gasteiger charge is -2.05. The normalized spacial score (nSPS) is 9.38. The number of carboxylic acid groups (broad SMARTS) is 1. The molecule has 0 radical (unpaired) electrons. The number of benzene rings is 2. The smallest absolute Gasteiger partial charge is 0.337 e. The van der Waals surface area contributed by atoms with E-state index in [1.54, 1.807) is 12.1 Å². The van der Waals surface area contributed by atoms with Gasteiger partial charge in [-0.2, -0.15) is 0 Å². The number of rotatable bonds is 2. The number of anilines is 1. The summed E-state index contributed by atoms with van der Waals surface area (Å²) in [4.78, 5) is 22.8. The van der Waals surface area contributed by atoms with Gasteiger partial charge in [0.25, 0.3) is 0 Å². The van der Waals surface area contributed by atoms with E-state index in [0.29, 0.717) is 5.56 Å². The molecule has 0 heterocycles. The highest BCUT2D eigenvalue weighted by Gasteiger charge is 2.12. The van der Waals surface area contributed by atoms with E-state index in [9.17, 15) is 9.59 Å². The van der Waals surface area contributed by atoms with Gasteiger partial charge >= 0.3 is 11.9 Å². The van der Waals surface area contributed by atoms with Gasteiger partial charge in [0, 0.05) is 16.5 Å². The first kappa shape index (κ1) is 14.6. The van der Waals surface area contributed by atoms with Crippen molar-refractivity contribution in [3.05, 3.63) is 64.7 Å². The number of hydrogen-bond donors (Lipinski definition) is 2. The second kappa shape index (κ2) is 6.60. The van der Waals surface area contributed by atoms with Gasteiger partial charge in [-0.25, -0.2) is 4.79 Å². The Labute approximate surface area is 126 Å². The summed E-state index contributed by atoms with van der Waals surface area (Å²) in [5.41, 5.74) is 0.763. The molecule has 0 saturated heterocycles. The number of carbonyl (C=O) groups is 2. The molecule has 4 nitrogen and oxygen atoms in total. The van der Waals surface area contributed by atoms with Crippen molar-refractivity contribution in [3.63, 3.8) is 0 Å². The molecule has 0 aliphatic rings. The van der Waals surface area contributed by atoms with Crippen molar-refractivity contribution < 1.29 is 14.7 Å². The maximum absolute atomic E-state index is 11.7. The average Bonchev–Trinajstić information content (AvgIpc) is 2.48. The van der Waals surface area contributed by atoms with Crippen molar-refractivity contribution >= 4 is 29.2 Å². The van der Waals surface area contributed by atoms with Crippen LogP contribution in [-0.2, 0) is 4.79 Å². The van der Waals surface area contributed by atoms with Crippen molar-refractivity contribution in [1.82, 2.24) is 0 Å². The third kappa shape index (κ3) is 4.10. The second-order valence-corrected chi connectivity index (χ2v) is 4.50. The summed E-state index contributed by atoms with van der Waals surface area (Å²) in [7, 11) is 0. The first-order valence-electron chi connectivity index (χ1n) is 5.97. The highest BCUT2D eigenvalue weighted by molar-refractivity contribution is 6.31. The molecule has 21 heavy (non-hydrogen) atoms. The first-order valence-corrected chi connectivity index (χ1v) is 6.35. The van der Waals surface area contributed by atoms with E-state index < -0.39 is 11.9 Å². The molecule has 0 fully saturated rings. The lowest BCUT2D eigenvalue weighted by molar-refractivity contribution is -0.111. The maximum atomic E-state index is 11.7. The Hall–Kier alpha value is -2.77. The molecule has 0 aliphatic heterocycles. The molecular formula is C16H10ClNO3. The zero-order valence-corrected chi connectivity index (χ0v) is 11.5. The summed E-state index contributed by atoms with van der Waals surface area (Å²) >= 11 is 5.73. The van der Waals surface area contributed by atoms with Crippen LogP contribution in [-0.4, -0.2) is 17.0 Å². The van der Waals surface area contributed by atoms with Gasteiger partial charge in [-0.05, 0) is 30.3 Å². The second-order valence-electron chi connectivity index (χ2n) is 4.07. The van der Waals surface area contributed by atoms with E-state index in [1.165, 1.54) is 18.2 Å². The van der Waals surface area contributed by atoms with Crippen molar-refractivity contribution in [1.29, 1.82) is 0 Å². The Morgan fingerprint density at radius 3 is 2.48 bits per heavy atom. The molecule has 5 heteroatoms. The van der Waals surface area contributed by atoms with Crippen molar-refractivity contribution in [2.75, 3.05) is 5.32 Å². The van der Waals surface area contributed by atoms with Gasteiger partial charge in [-0.3, -0.25) is 4.79 Å². The third-order valence-electron chi connectivity index (χ3n) is 2.55. The van der Waals surface area contributed by atoms with Crippen LogP contribution in [0, 0.1) is 11.8 Å². The van der Waals surface area contributed by atoms with Crippen LogP contribution in [0.1, 0.15) is 15.9 Å². The number of aromatic carboxylic acids is 1. The van der Waals surface area contributed by atoms with Crippen LogP contribution in [0.2, 0.25) is 5.02 Å². The molecule has 0 atom stereocenters. The van der Waals surface area contributed by atoms with Gasteiger partial charge in [-0.15, -0.1) is 0 Å². The Morgan fingerprint density at radius 1 is 1.10 bits per heavy atom. The fourth-order valence-electron chi connectivity index (χ4n) is 1.61. The molecule has 2 N–H and O–H groups in total. The van der Waals surface area contributed by atoms with E-state index in [-0.39, 0.29) is 16.3 Å². The molecule has 0 bridgehead atoms. The van der Waals surface area contributed by atoms with Gasteiger partial charge in [0.15, 0.2) is 0 Å². The van der Waals surface area contributed by atoms with Crippen LogP contribution < -0.4 is 5.32 Å². The lowest BCUT2D eigenvalue weighted by Crippen LogP contribution is -2.12. The minimum absolute atomic E-state index is 0.0858. The average molecular weight is 300 g/mol. The number of nitrogens with one attached hydrogen (secondary N) is 1. The molecule has 0 saturated carbocycles. The summed E-state index contributed by atoms with van der Waals surface area (Å²) in [6.07, 6.45) is 0. The van der Waals surface area contributed by atoms with Gasteiger partial charge < -0.3 is 10.4 Å². The quantitative estimate of drug-likeness (QED) is 0.838. The number of carbonyl (C=O) groups excluding carboxylic acids is 1. The molecule has 2 aromatic rings. The molecule has 2 aromatic carbocycles. The molecule has 1 amide bonds. The van der Waals surface area contributed by atoms with Gasteiger partial charge in [0.2, 0.25) is 0 Å². The fraction of sp³-hybridized carbons (Fsp3) is 0. The van der Waals surface area contributed by atoms with E-state index in [4.69, 9.17) is 16.7 Å². The lowest BCUT2D eigenvalue weighted by atomic mass is 10.2. The molecule has 104 valence electrons. The number of hydrogen-bond acceptors (Lipinski definition) is 2. The zero-order chi connectivity index (χ0) is 15.2. The fourth-order valence-corrected chi connectivity index (χ4v) is 1.78. The van der Waals surface area contributed by atoms with Crippen molar-refractivity contribution in [3.8, 4) is 11.8 Å². The number of halogens is 1. The predicted molar refractivity (Wildman–Crippen MR) is 80.4 cm³/mol. The summed E-state index contributed by atoms with van der Waals surface area (Å²) in [5.74, 6) is 3.32. The minimum atomic E-state index is -1.18. The first-order chi connectivity index (χ1) is 10.1. The van der Waals surface area contributed by atoms with Crippen molar-refractivity contribution in [2.45, 2.75) is 0 Å². The Morgan fingerprint density at radius 2 is 1.81 bits per heavy atom. The van der Waals surface area contributed by atoms with E-state index in [1.807, 2.05) is 18.2 Å². The predicted octanol–water partition coefficient (Wildman–Crippen LogP) is 3.03. The van der Waals surface area contributed by atoms with E-state index >= 15 is 0 Å². The summed E-state index contributed by atoms with van der Waals surface area (Å²) < 4.78 is 0. The van der Waals surface area contributed by atoms with Gasteiger partial charge in [-0.1, -0.05) is 35.7 Å². The van der Waals surface area contributed by atoms with Crippen LogP contribution in [0.25, 0.3) is 0 Å². The molecule has 2 rings (SSSR count). The summed E-state index contributed by atoms with van der Waals surface area (Å²) in [5, 5.41) is 11.8.